The average Bonchev–Trinajstić information content (AvgIpc) is 1.99. The maximum atomic E-state index is 8.42. The van der Waals surface area contributed by atoms with Gasteiger partial charge in [-0.25, -0.2) is 0 Å². The minimum Gasteiger partial charge on any atom is -0.395 e. The molecular formula is C9H16O. The number of aliphatic hydroxyl groups excluding tert-OH is 1. The first kappa shape index (κ1) is 9.52. The molecule has 0 spiro atoms. The molecule has 0 saturated heterocycles. The van der Waals surface area contributed by atoms with Crippen LogP contribution in [0, 0.1) is 17.8 Å². The van der Waals surface area contributed by atoms with E-state index in [1.54, 1.807) is 0 Å². The molecule has 1 N–H and O–H groups in total. The molecule has 0 unspecified atom stereocenters. The van der Waals surface area contributed by atoms with E-state index in [1.807, 2.05) is 0 Å². The molecule has 0 aliphatic heterocycles. The quantitative estimate of drug-likeness (QED) is 0.593. The highest BCUT2D eigenvalue weighted by molar-refractivity contribution is 5.02. The molecule has 0 bridgehead atoms. The first-order valence-corrected chi connectivity index (χ1v) is 3.94. The summed E-state index contributed by atoms with van der Waals surface area (Å²) in [5, 5.41) is 8.42. The van der Waals surface area contributed by atoms with Crippen LogP contribution >= 0.6 is 0 Å². The Kier molecular flexibility index (Phi) is 6.32. The lowest BCUT2D eigenvalue weighted by molar-refractivity contribution is 0.305. The van der Waals surface area contributed by atoms with Crippen LogP contribution in [-0.4, -0.2) is 11.7 Å². The molecule has 0 fully saturated rings. The van der Waals surface area contributed by atoms with E-state index in [9.17, 15) is 0 Å². The van der Waals surface area contributed by atoms with Crippen molar-refractivity contribution < 1.29 is 5.11 Å². The van der Waals surface area contributed by atoms with Gasteiger partial charge in [0.15, 0.2) is 0 Å². The fourth-order valence-corrected chi connectivity index (χ4v) is 0.765. The van der Waals surface area contributed by atoms with Crippen LogP contribution in [0.3, 0.4) is 0 Å². The van der Waals surface area contributed by atoms with Crippen molar-refractivity contribution in [3.8, 4) is 11.8 Å². The van der Waals surface area contributed by atoms with Gasteiger partial charge in [-0.15, -0.1) is 5.92 Å². The van der Waals surface area contributed by atoms with Crippen molar-refractivity contribution in [2.24, 2.45) is 5.92 Å². The van der Waals surface area contributed by atoms with Crippen LogP contribution in [-0.2, 0) is 0 Å². The largest absolute Gasteiger partial charge is 0.395 e. The van der Waals surface area contributed by atoms with E-state index in [0.29, 0.717) is 12.3 Å². The highest BCUT2D eigenvalue weighted by Gasteiger charge is 1.94. The lowest BCUT2D eigenvalue weighted by Crippen LogP contribution is -1.91. The van der Waals surface area contributed by atoms with Crippen molar-refractivity contribution in [1.29, 1.82) is 0 Å². The second-order valence-electron chi connectivity index (χ2n) is 2.31. The molecule has 10 heavy (non-hydrogen) atoms. The summed E-state index contributed by atoms with van der Waals surface area (Å²) in [5.74, 6) is 6.58. The van der Waals surface area contributed by atoms with Crippen molar-refractivity contribution in [1.82, 2.24) is 0 Å². The Morgan fingerprint density at radius 1 is 1.30 bits per heavy atom. The molecule has 0 heterocycles. The Hall–Kier alpha value is -0.480. The SMILES string of the molecule is CCC(C#CCCO)CC. The molecular weight excluding hydrogens is 124 g/mol. The molecule has 0 rings (SSSR count). The zero-order valence-corrected chi connectivity index (χ0v) is 6.85. The van der Waals surface area contributed by atoms with Crippen molar-refractivity contribution in [2.45, 2.75) is 33.1 Å². The van der Waals surface area contributed by atoms with Gasteiger partial charge in [-0.2, -0.15) is 0 Å². The van der Waals surface area contributed by atoms with Crippen molar-refractivity contribution >= 4 is 0 Å². The summed E-state index contributed by atoms with van der Waals surface area (Å²) in [5.41, 5.74) is 0. The maximum Gasteiger partial charge on any atom is 0.0540 e. The predicted molar refractivity (Wildman–Crippen MR) is 43.6 cm³/mol. The summed E-state index contributed by atoms with van der Waals surface area (Å²) in [7, 11) is 0. The molecule has 0 aliphatic rings. The molecule has 0 atom stereocenters. The molecule has 0 aromatic heterocycles. The van der Waals surface area contributed by atoms with Crippen LogP contribution in [0.25, 0.3) is 0 Å². The fraction of sp³-hybridized carbons (Fsp3) is 0.778. The van der Waals surface area contributed by atoms with Gasteiger partial charge in [0.1, 0.15) is 0 Å². The Morgan fingerprint density at radius 2 is 1.90 bits per heavy atom. The smallest absolute Gasteiger partial charge is 0.0540 e. The summed E-state index contributed by atoms with van der Waals surface area (Å²) in [4.78, 5) is 0. The standard InChI is InChI=1S/C9H16O/c1-3-9(4-2)7-5-6-8-10/h9-10H,3-4,6,8H2,1-2H3. The van der Waals surface area contributed by atoms with Gasteiger partial charge in [-0.1, -0.05) is 19.8 Å². The van der Waals surface area contributed by atoms with Gasteiger partial charge in [0.25, 0.3) is 0 Å². The van der Waals surface area contributed by atoms with E-state index in [1.165, 1.54) is 0 Å². The first-order valence-electron chi connectivity index (χ1n) is 3.94. The normalized spacial score (nSPS) is 9.20. The van der Waals surface area contributed by atoms with Crippen molar-refractivity contribution in [3.63, 3.8) is 0 Å². The van der Waals surface area contributed by atoms with Gasteiger partial charge in [-0.3, -0.25) is 0 Å². The highest BCUT2D eigenvalue weighted by Crippen LogP contribution is 2.04. The fourth-order valence-electron chi connectivity index (χ4n) is 0.765. The topological polar surface area (TPSA) is 20.2 Å². The van der Waals surface area contributed by atoms with Crippen LogP contribution in [0.2, 0.25) is 0 Å². The number of hydrogen-bond donors (Lipinski definition) is 1. The third-order valence-electron chi connectivity index (χ3n) is 1.53. The summed E-state index contributed by atoms with van der Waals surface area (Å²) < 4.78 is 0. The van der Waals surface area contributed by atoms with Crippen LogP contribution in [0.15, 0.2) is 0 Å². The van der Waals surface area contributed by atoms with Gasteiger partial charge >= 0.3 is 0 Å². The van der Waals surface area contributed by atoms with Crippen molar-refractivity contribution in [3.05, 3.63) is 0 Å². The molecule has 0 aliphatic carbocycles. The minimum absolute atomic E-state index is 0.188. The molecule has 0 saturated carbocycles. The summed E-state index contributed by atoms with van der Waals surface area (Å²) in [6.45, 7) is 4.47. The number of aliphatic hydroxyl groups is 1. The van der Waals surface area contributed by atoms with Crippen LogP contribution in [0.4, 0.5) is 0 Å². The molecule has 0 radical (unpaired) electrons. The summed E-state index contributed by atoms with van der Waals surface area (Å²) >= 11 is 0. The maximum absolute atomic E-state index is 8.42. The predicted octanol–water partition coefficient (Wildman–Crippen LogP) is 1.81. The van der Waals surface area contributed by atoms with E-state index in [4.69, 9.17) is 5.11 Å². The average molecular weight is 140 g/mol. The Morgan fingerprint density at radius 3 is 2.30 bits per heavy atom. The Bertz CT molecular complexity index is 114. The van der Waals surface area contributed by atoms with E-state index >= 15 is 0 Å². The van der Waals surface area contributed by atoms with E-state index in [2.05, 4.69) is 25.7 Å². The van der Waals surface area contributed by atoms with Gasteiger partial charge in [0.05, 0.1) is 6.61 Å². The van der Waals surface area contributed by atoms with Gasteiger partial charge in [-0.05, 0) is 12.8 Å². The van der Waals surface area contributed by atoms with E-state index in [-0.39, 0.29) is 6.61 Å². The number of rotatable bonds is 3. The first-order chi connectivity index (χ1) is 4.85. The lowest BCUT2D eigenvalue weighted by atomic mass is 10.0. The van der Waals surface area contributed by atoms with Crippen LogP contribution in [0.1, 0.15) is 33.1 Å². The zero-order chi connectivity index (χ0) is 7.82. The van der Waals surface area contributed by atoms with Crippen LogP contribution < -0.4 is 0 Å². The van der Waals surface area contributed by atoms with E-state index < -0.39 is 0 Å². The zero-order valence-electron chi connectivity index (χ0n) is 6.85. The molecule has 58 valence electrons. The lowest BCUT2D eigenvalue weighted by Gasteiger charge is -2.00. The molecule has 0 aromatic rings. The summed E-state index contributed by atoms with van der Waals surface area (Å²) in [6, 6.07) is 0. The number of hydrogen-bond acceptors (Lipinski definition) is 1. The molecule has 0 aromatic carbocycles. The highest BCUT2D eigenvalue weighted by atomic mass is 16.2. The van der Waals surface area contributed by atoms with Gasteiger partial charge in [0, 0.05) is 12.3 Å². The van der Waals surface area contributed by atoms with E-state index in [0.717, 1.165) is 12.8 Å². The monoisotopic (exact) mass is 140 g/mol. The minimum atomic E-state index is 0.188. The van der Waals surface area contributed by atoms with Gasteiger partial charge < -0.3 is 5.11 Å². The van der Waals surface area contributed by atoms with Crippen LogP contribution in [0.5, 0.6) is 0 Å². The molecule has 1 heteroatoms. The second-order valence-corrected chi connectivity index (χ2v) is 2.31. The molecule has 1 nitrogen and oxygen atoms in total. The molecule has 0 amide bonds. The third kappa shape index (κ3) is 4.40. The summed E-state index contributed by atoms with van der Waals surface area (Å²) in [6.07, 6.45) is 2.86. The van der Waals surface area contributed by atoms with Gasteiger partial charge in [0.2, 0.25) is 0 Å². The Balaban J connectivity index is 3.52. The van der Waals surface area contributed by atoms with Crippen molar-refractivity contribution in [2.75, 3.05) is 6.61 Å². The second kappa shape index (κ2) is 6.64. The Labute approximate surface area is 63.5 Å². The third-order valence-corrected chi connectivity index (χ3v) is 1.53.